The third-order valence-electron chi connectivity index (χ3n) is 5.24. The van der Waals surface area contributed by atoms with Crippen molar-refractivity contribution in [1.29, 1.82) is 0 Å². The molecule has 1 unspecified atom stereocenters. The Morgan fingerprint density at radius 1 is 1.27 bits per heavy atom. The average Bonchev–Trinajstić information content (AvgIpc) is 3.21. The van der Waals surface area contributed by atoms with Crippen LogP contribution in [0.25, 0.3) is 4.96 Å². The molecule has 1 aliphatic heterocycles. The highest BCUT2D eigenvalue weighted by Crippen LogP contribution is 2.41. The van der Waals surface area contributed by atoms with Crippen LogP contribution >= 0.6 is 22.9 Å². The normalized spacial score (nSPS) is 18.0. The van der Waals surface area contributed by atoms with Crippen molar-refractivity contribution in [1.82, 2.24) is 24.4 Å². The fourth-order valence-corrected chi connectivity index (χ4v) is 4.94. The summed E-state index contributed by atoms with van der Waals surface area (Å²) in [6.45, 7) is 2.17. The number of rotatable bonds is 4. The monoisotopic (exact) mass is 391 g/mol. The van der Waals surface area contributed by atoms with Crippen molar-refractivity contribution in [3.05, 3.63) is 46.1 Å². The molecule has 26 heavy (non-hydrogen) atoms. The first-order chi connectivity index (χ1) is 12.5. The van der Waals surface area contributed by atoms with Crippen LogP contribution in [0.2, 0.25) is 5.02 Å². The smallest absolute Gasteiger partial charge is 0.230 e. The highest BCUT2D eigenvalue weighted by Gasteiger charge is 2.32. The van der Waals surface area contributed by atoms with Gasteiger partial charge in [0.25, 0.3) is 0 Å². The summed E-state index contributed by atoms with van der Waals surface area (Å²) in [6.07, 6.45) is 3.69. The lowest BCUT2D eigenvalue weighted by Gasteiger charge is -2.39. The minimum atomic E-state index is -0.0610. The van der Waals surface area contributed by atoms with Crippen LogP contribution in [0.3, 0.4) is 0 Å². The Morgan fingerprint density at radius 3 is 2.62 bits per heavy atom. The largest absolute Gasteiger partial charge is 0.492 e. The van der Waals surface area contributed by atoms with E-state index < -0.39 is 0 Å². The molecule has 138 valence electrons. The molecule has 2 aromatic heterocycles. The van der Waals surface area contributed by atoms with E-state index in [0.717, 1.165) is 36.4 Å². The molecule has 1 aromatic carbocycles. The van der Waals surface area contributed by atoms with Gasteiger partial charge >= 0.3 is 0 Å². The van der Waals surface area contributed by atoms with E-state index in [1.54, 1.807) is 0 Å². The molecule has 0 radical (unpaired) electrons. The molecule has 1 N–H and O–H groups in total. The van der Waals surface area contributed by atoms with Crippen LogP contribution < -0.4 is 0 Å². The number of likely N-dealkylation sites (tertiary alicyclic amines) is 1. The van der Waals surface area contributed by atoms with Gasteiger partial charge in [-0.05, 0) is 57.7 Å². The first kappa shape index (κ1) is 17.7. The van der Waals surface area contributed by atoms with Crippen LogP contribution in [0.15, 0.2) is 30.6 Å². The molecule has 6 nitrogen and oxygen atoms in total. The lowest BCUT2D eigenvalue weighted by molar-refractivity contribution is 0.121. The molecular formula is C18H22ClN5OS. The van der Waals surface area contributed by atoms with Crippen LogP contribution in [0.4, 0.5) is 0 Å². The molecule has 1 fully saturated rings. The maximum Gasteiger partial charge on any atom is 0.230 e. The van der Waals surface area contributed by atoms with Gasteiger partial charge in [0.2, 0.25) is 10.8 Å². The van der Waals surface area contributed by atoms with E-state index in [2.05, 4.69) is 34.0 Å². The van der Waals surface area contributed by atoms with Crippen LogP contribution in [0.5, 0.6) is 5.88 Å². The SMILES string of the molecule is CN1CCC(N(C)C(c2ccc(Cl)cc2)c2sc3ncnn3c2O)CC1. The number of benzene rings is 1. The van der Waals surface area contributed by atoms with Crippen molar-refractivity contribution in [2.45, 2.75) is 24.9 Å². The minimum Gasteiger partial charge on any atom is -0.492 e. The summed E-state index contributed by atoms with van der Waals surface area (Å²) in [5.74, 6) is 0.169. The van der Waals surface area contributed by atoms with Gasteiger partial charge in [0.1, 0.15) is 6.33 Å². The summed E-state index contributed by atoms with van der Waals surface area (Å²) in [7, 11) is 4.31. The number of fused-ring (bicyclic) bond motifs is 1. The number of thiazole rings is 1. The van der Waals surface area contributed by atoms with E-state index in [1.807, 2.05) is 24.3 Å². The Hall–Kier alpha value is -1.67. The van der Waals surface area contributed by atoms with Gasteiger partial charge in [0.05, 0.1) is 10.9 Å². The fraction of sp³-hybridized carbons (Fsp3) is 0.444. The maximum absolute atomic E-state index is 10.8. The molecule has 3 aromatic rings. The van der Waals surface area contributed by atoms with E-state index in [0.29, 0.717) is 16.0 Å². The van der Waals surface area contributed by atoms with Gasteiger partial charge in [0, 0.05) is 11.1 Å². The van der Waals surface area contributed by atoms with E-state index in [1.165, 1.54) is 22.2 Å². The van der Waals surface area contributed by atoms with Crippen molar-refractivity contribution in [3.8, 4) is 5.88 Å². The molecule has 0 amide bonds. The topological polar surface area (TPSA) is 56.9 Å². The Morgan fingerprint density at radius 2 is 1.96 bits per heavy atom. The number of hydrogen-bond acceptors (Lipinski definition) is 6. The molecule has 0 bridgehead atoms. The molecule has 8 heteroatoms. The predicted octanol–water partition coefficient (Wildman–Crippen LogP) is 3.27. The summed E-state index contributed by atoms with van der Waals surface area (Å²) in [4.78, 5) is 10.5. The number of aromatic nitrogens is 3. The zero-order chi connectivity index (χ0) is 18.3. The molecule has 0 aliphatic carbocycles. The van der Waals surface area contributed by atoms with E-state index in [9.17, 15) is 5.11 Å². The van der Waals surface area contributed by atoms with Gasteiger partial charge in [0.15, 0.2) is 0 Å². The zero-order valence-electron chi connectivity index (χ0n) is 14.8. The Balaban J connectivity index is 1.75. The molecule has 1 aliphatic rings. The van der Waals surface area contributed by atoms with Crippen molar-refractivity contribution in [2.24, 2.45) is 0 Å². The number of hydrogen-bond donors (Lipinski definition) is 1. The number of nitrogens with zero attached hydrogens (tertiary/aromatic N) is 5. The van der Waals surface area contributed by atoms with Crippen molar-refractivity contribution < 1.29 is 5.11 Å². The molecule has 4 rings (SSSR count). The Labute approximate surface area is 161 Å². The van der Waals surface area contributed by atoms with Gasteiger partial charge in [-0.1, -0.05) is 35.1 Å². The molecule has 3 heterocycles. The first-order valence-corrected chi connectivity index (χ1v) is 9.91. The van der Waals surface area contributed by atoms with Gasteiger partial charge in [-0.15, -0.1) is 0 Å². The highest BCUT2D eigenvalue weighted by atomic mass is 35.5. The van der Waals surface area contributed by atoms with E-state index in [-0.39, 0.29) is 11.9 Å². The quantitative estimate of drug-likeness (QED) is 0.739. The first-order valence-electron chi connectivity index (χ1n) is 8.72. The predicted molar refractivity (Wildman–Crippen MR) is 104 cm³/mol. The van der Waals surface area contributed by atoms with Gasteiger partial charge in [-0.2, -0.15) is 9.61 Å². The molecule has 1 atom stereocenters. The summed E-state index contributed by atoms with van der Waals surface area (Å²) in [6, 6.07) is 8.27. The molecule has 0 spiro atoms. The Bertz CT molecular complexity index is 885. The number of aromatic hydroxyl groups is 1. The zero-order valence-corrected chi connectivity index (χ0v) is 16.4. The van der Waals surface area contributed by atoms with Crippen LogP contribution in [-0.2, 0) is 0 Å². The van der Waals surface area contributed by atoms with Crippen LogP contribution in [-0.4, -0.2) is 62.7 Å². The maximum atomic E-state index is 10.8. The summed E-state index contributed by atoms with van der Waals surface area (Å²) < 4.78 is 1.51. The van der Waals surface area contributed by atoms with Crippen molar-refractivity contribution in [3.63, 3.8) is 0 Å². The van der Waals surface area contributed by atoms with Gasteiger partial charge in [-0.25, -0.2) is 4.98 Å². The molecular weight excluding hydrogens is 370 g/mol. The highest BCUT2D eigenvalue weighted by molar-refractivity contribution is 7.17. The van der Waals surface area contributed by atoms with Crippen molar-refractivity contribution in [2.75, 3.05) is 27.2 Å². The lowest BCUT2D eigenvalue weighted by atomic mass is 9.98. The second-order valence-corrected chi connectivity index (χ2v) is 8.34. The van der Waals surface area contributed by atoms with Crippen LogP contribution in [0.1, 0.15) is 29.3 Å². The summed E-state index contributed by atoms with van der Waals surface area (Å²) in [5, 5.41) is 15.6. The van der Waals surface area contributed by atoms with E-state index in [4.69, 9.17) is 11.6 Å². The average molecular weight is 392 g/mol. The van der Waals surface area contributed by atoms with Gasteiger partial charge in [-0.3, -0.25) is 4.90 Å². The Kier molecular flexibility index (Phi) is 4.88. The van der Waals surface area contributed by atoms with E-state index >= 15 is 0 Å². The fourth-order valence-electron chi connectivity index (χ4n) is 3.70. The second kappa shape index (κ2) is 7.15. The molecule has 0 saturated carbocycles. The second-order valence-electron chi connectivity index (χ2n) is 6.90. The number of piperidine rings is 1. The minimum absolute atomic E-state index is 0.0610. The summed E-state index contributed by atoms with van der Waals surface area (Å²) in [5.41, 5.74) is 1.11. The van der Waals surface area contributed by atoms with Crippen LogP contribution in [0, 0.1) is 0 Å². The van der Waals surface area contributed by atoms with Crippen molar-refractivity contribution >= 4 is 27.9 Å². The number of halogens is 1. The standard InChI is InChI=1S/C18H22ClN5OS/c1-22-9-7-14(8-10-22)23(2)15(12-3-5-13(19)6-4-12)16-17(25)24-18(26-16)20-11-21-24/h3-6,11,14-15,25H,7-10H2,1-2H3. The third-order valence-corrected chi connectivity index (χ3v) is 6.58. The summed E-state index contributed by atoms with van der Waals surface area (Å²) >= 11 is 7.58. The lowest BCUT2D eigenvalue weighted by Crippen LogP contribution is -2.43. The van der Waals surface area contributed by atoms with Gasteiger partial charge < -0.3 is 10.0 Å². The third kappa shape index (κ3) is 3.20. The molecule has 1 saturated heterocycles.